The Bertz CT molecular complexity index is 1600. The number of piperidine rings is 3. The molecule has 2 bridgehead atoms. The van der Waals surface area contributed by atoms with E-state index < -0.39 is 15.7 Å². The second-order valence-corrected chi connectivity index (χ2v) is 14.0. The summed E-state index contributed by atoms with van der Waals surface area (Å²) in [6.45, 7) is 6.41. The third kappa shape index (κ3) is 6.33. The van der Waals surface area contributed by atoms with Crippen LogP contribution in [0, 0.1) is 5.92 Å². The molecule has 4 aromatic carbocycles. The molecule has 3 aliphatic heterocycles. The normalized spacial score (nSPS) is 21.8. The van der Waals surface area contributed by atoms with Crippen molar-refractivity contribution in [2.45, 2.75) is 61.7 Å². The Balaban J connectivity index is 1.29. The summed E-state index contributed by atoms with van der Waals surface area (Å²) in [6.07, 6.45) is 2.36. The van der Waals surface area contributed by atoms with Crippen LogP contribution in [-0.2, 0) is 26.4 Å². The standard InChI is InChI=1S/C37H42N2O4S/c1-37(2,43-44(40,41)32-17-11-6-12-18-32)31-19-20-33(42-3)30(25-31)26-38-35-29-21-23-39(24-22-29)36(35)34(27-13-7-4-8-14-27)28-15-9-5-10-16-28/h4-20,25,29,34-36,38H,21-24,26H2,1-3H3/t35-,36-/m0/s1. The molecule has 3 fully saturated rings. The number of nitrogens with one attached hydrogen (secondary N) is 1. The minimum absolute atomic E-state index is 0.142. The Kier molecular flexibility index (Phi) is 8.92. The molecule has 230 valence electrons. The predicted octanol–water partition coefficient (Wildman–Crippen LogP) is 6.72. The van der Waals surface area contributed by atoms with Gasteiger partial charge in [0.15, 0.2) is 0 Å². The van der Waals surface area contributed by atoms with Gasteiger partial charge in [0.25, 0.3) is 10.1 Å². The van der Waals surface area contributed by atoms with Crippen molar-refractivity contribution in [2.24, 2.45) is 5.92 Å². The molecule has 1 N–H and O–H groups in total. The molecule has 3 saturated heterocycles. The Labute approximate surface area is 262 Å². The van der Waals surface area contributed by atoms with Gasteiger partial charge in [-0.2, -0.15) is 8.42 Å². The molecule has 2 atom stereocenters. The van der Waals surface area contributed by atoms with Gasteiger partial charge in [-0.05, 0) is 86.7 Å². The Morgan fingerprint density at radius 2 is 1.41 bits per heavy atom. The Hall–Kier alpha value is -3.49. The monoisotopic (exact) mass is 610 g/mol. The number of ether oxygens (including phenoxy) is 1. The number of hydrogen-bond donors (Lipinski definition) is 1. The van der Waals surface area contributed by atoms with Crippen molar-refractivity contribution < 1.29 is 17.3 Å². The van der Waals surface area contributed by atoms with Crippen LogP contribution in [0.1, 0.15) is 54.9 Å². The number of methoxy groups -OCH3 is 1. The summed E-state index contributed by atoms with van der Waals surface area (Å²) in [5, 5.41) is 3.99. The minimum Gasteiger partial charge on any atom is -0.496 e. The third-order valence-electron chi connectivity index (χ3n) is 9.38. The molecule has 0 amide bonds. The van der Waals surface area contributed by atoms with Gasteiger partial charge in [-0.25, -0.2) is 0 Å². The average molecular weight is 611 g/mol. The molecule has 3 aliphatic rings. The van der Waals surface area contributed by atoms with Crippen molar-refractivity contribution in [1.29, 1.82) is 0 Å². The van der Waals surface area contributed by atoms with Gasteiger partial charge in [0.05, 0.1) is 12.0 Å². The number of benzene rings is 4. The molecule has 0 unspecified atom stereocenters. The van der Waals surface area contributed by atoms with Crippen LogP contribution in [0.5, 0.6) is 5.75 Å². The van der Waals surface area contributed by atoms with E-state index in [1.165, 1.54) is 24.0 Å². The fourth-order valence-corrected chi connectivity index (χ4v) is 8.40. The fraction of sp³-hybridized carbons (Fsp3) is 0.351. The highest BCUT2D eigenvalue weighted by Crippen LogP contribution is 2.42. The van der Waals surface area contributed by atoms with Crippen LogP contribution in [0.3, 0.4) is 0 Å². The first-order valence-corrected chi connectivity index (χ1v) is 16.9. The maximum absolute atomic E-state index is 13.1. The molecular weight excluding hydrogens is 568 g/mol. The second kappa shape index (κ2) is 12.9. The molecular formula is C37H42N2O4S. The SMILES string of the molecule is COc1ccc(C(C)(C)OS(=O)(=O)c2ccccc2)cc1CN[C@H]1C2CCN(CC2)[C@H]1C(c1ccccc1)c1ccccc1. The molecule has 44 heavy (non-hydrogen) atoms. The van der Waals surface area contributed by atoms with E-state index in [2.05, 4.69) is 70.9 Å². The zero-order valence-electron chi connectivity index (χ0n) is 25.7. The van der Waals surface area contributed by atoms with E-state index >= 15 is 0 Å². The van der Waals surface area contributed by atoms with Crippen LogP contribution >= 0.6 is 0 Å². The van der Waals surface area contributed by atoms with E-state index in [0.29, 0.717) is 18.5 Å². The second-order valence-electron chi connectivity index (χ2n) is 12.5. The van der Waals surface area contributed by atoms with Crippen LogP contribution in [0.15, 0.2) is 114 Å². The molecule has 4 aromatic rings. The zero-order chi connectivity index (χ0) is 30.7. The van der Waals surface area contributed by atoms with Gasteiger partial charge in [0.1, 0.15) is 11.4 Å². The highest BCUT2D eigenvalue weighted by Gasteiger charge is 2.46. The van der Waals surface area contributed by atoms with Crippen molar-refractivity contribution >= 4 is 10.1 Å². The Morgan fingerprint density at radius 1 is 0.841 bits per heavy atom. The van der Waals surface area contributed by atoms with Crippen molar-refractivity contribution in [1.82, 2.24) is 10.2 Å². The molecule has 7 heteroatoms. The molecule has 3 heterocycles. The van der Waals surface area contributed by atoms with E-state index in [4.69, 9.17) is 8.92 Å². The lowest BCUT2D eigenvalue weighted by atomic mass is 9.70. The summed E-state index contributed by atoms with van der Waals surface area (Å²) in [5.41, 5.74) is 3.33. The van der Waals surface area contributed by atoms with Crippen molar-refractivity contribution in [3.63, 3.8) is 0 Å². The highest BCUT2D eigenvalue weighted by molar-refractivity contribution is 7.86. The molecule has 0 saturated carbocycles. The fourth-order valence-electron chi connectivity index (χ4n) is 7.17. The summed E-state index contributed by atoms with van der Waals surface area (Å²) >= 11 is 0. The summed E-state index contributed by atoms with van der Waals surface area (Å²) in [6, 6.07) is 36.5. The smallest absolute Gasteiger partial charge is 0.297 e. The summed E-state index contributed by atoms with van der Waals surface area (Å²) in [5.74, 6) is 1.58. The molecule has 0 aliphatic carbocycles. The lowest BCUT2D eigenvalue weighted by Crippen LogP contribution is -2.64. The van der Waals surface area contributed by atoms with Crippen LogP contribution in [0.4, 0.5) is 0 Å². The first kappa shape index (κ1) is 30.5. The van der Waals surface area contributed by atoms with Crippen LogP contribution < -0.4 is 10.1 Å². The first-order chi connectivity index (χ1) is 21.3. The van der Waals surface area contributed by atoms with E-state index in [0.717, 1.165) is 30.0 Å². The van der Waals surface area contributed by atoms with Gasteiger partial charge in [-0.3, -0.25) is 9.08 Å². The number of nitrogens with zero attached hydrogens (tertiary/aromatic N) is 1. The molecule has 6 nitrogen and oxygen atoms in total. The lowest BCUT2D eigenvalue weighted by Gasteiger charge is -2.54. The van der Waals surface area contributed by atoms with Gasteiger partial charge in [-0.1, -0.05) is 84.9 Å². The van der Waals surface area contributed by atoms with Gasteiger partial charge >= 0.3 is 0 Å². The van der Waals surface area contributed by atoms with Gasteiger partial charge in [-0.15, -0.1) is 0 Å². The average Bonchev–Trinajstić information content (AvgIpc) is 3.05. The van der Waals surface area contributed by atoms with E-state index in [1.807, 2.05) is 18.2 Å². The van der Waals surface area contributed by atoms with E-state index in [1.54, 1.807) is 51.3 Å². The quantitative estimate of drug-likeness (QED) is 0.190. The van der Waals surface area contributed by atoms with Gasteiger partial charge in [0.2, 0.25) is 0 Å². The van der Waals surface area contributed by atoms with Gasteiger partial charge in [0, 0.05) is 30.1 Å². The third-order valence-corrected chi connectivity index (χ3v) is 10.9. The summed E-state index contributed by atoms with van der Waals surface area (Å²) < 4.78 is 37.8. The topological polar surface area (TPSA) is 67.9 Å². The summed E-state index contributed by atoms with van der Waals surface area (Å²) in [7, 11) is -2.27. The van der Waals surface area contributed by atoms with Crippen molar-refractivity contribution in [2.75, 3.05) is 20.2 Å². The van der Waals surface area contributed by atoms with E-state index in [-0.39, 0.29) is 16.9 Å². The minimum atomic E-state index is -3.95. The van der Waals surface area contributed by atoms with E-state index in [9.17, 15) is 8.42 Å². The first-order valence-electron chi connectivity index (χ1n) is 15.5. The number of hydrogen-bond acceptors (Lipinski definition) is 6. The van der Waals surface area contributed by atoms with Crippen LogP contribution in [0.2, 0.25) is 0 Å². The number of rotatable bonds is 11. The van der Waals surface area contributed by atoms with Gasteiger partial charge < -0.3 is 10.1 Å². The predicted molar refractivity (Wildman–Crippen MR) is 174 cm³/mol. The molecule has 0 radical (unpaired) electrons. The number of fused-ring (bicyclic) bond motifs is 3. The lowest BCUT2D eigenvalue weighted by molar-refractivity contribution is 0.00461. The highest BCUT2D eigenvalue weighted by atomic mass is 32.2. The maximum atomic E-state index is 13.1. The zero-order valence-corrected chi connectivity index (χ0v) is 26.5. The van der Waals surface area contributed by atoms with Crippen LogP contribution in [0.25, 0.3) is 0 Å². The van der Waals surface area contributed by atoms with Crippen molar-refractivity contribution in [3.8, 4) is 5.75 Å². The van der Waals surface area contributed by atoms with Crippen LogP contribution in [-0.4, -0.2) is 45.6 Å². The summed E-state index contributed by atoms with van der Waals surface area (Å²) in [4.78, 5) is 2.82. The van der Waals surface area contributed by atoms with Crippen molar-refractivity contribution in [3.05, 3.63) is 131 Å². The largest absolute Gasteiger partial charge is 0.496 e. The molecule has 7 rings (SSSR count). The molecule has 0 aromatic heterocycles. The molecule has 0 spiro atoms. The maximum Gasteiger partial charge on any atom is 0.297 e. The Morgan fingerprint density at radius 3 is 1.98 bits per heavy atom.